The zero-order valence-corrected chi connectivity index (χ0v) is 26.1. The van der Waals surface area contributed by atoms with Crippen molar-refractivity contribution in [3.8, 4) is 5.75 Å². The molecule has 42 heavy (non-hydrogen) atoms. The number of benzene rings is 1. The molecule has 0 spiro atoms. The van der Waals surface area contributed by atoms with Crippen LogP contribution in [0.5, 0.6) is 5.75 Å². The fraction of sp³-hybridized carbons (Fsp3) is 0.581. The minimum absolute atomic E-state index is 0.127. The van der Waals surface area contributed by atoms with Crippen LogP contribution in [-0.4, -0.2) is 72.7 Å². The minimum Gasteiger partial charge on any atom is -0.485 e. The van der Waals surface area contributed by atoms with Gasteiger partial charge in [0, 0.05) is 38.1 Å². The number of amides is 2. The Kier molecular flexibility index (Phi) is 8.49. The molecule has 0 atom stereocenters. The predicted molar refractivity (Wildman–Crippen MR) is 161 cm³/mol. The summed E-state index contributed by atoms with van der Waals surface area (Å²) in [6, 6.07) is 5.81. The average molecular weight is 601 g/mol. The van der Waals surface area contributed by atoms with E-state index in [1.165, 1.54) is 4.90 Å². The van der Waals surface area contributed by atoms with Gasteiger partial charge in [-0.1, -0.05) is 11.6 Å². The van der Waals surface area contributed by atoms with Gasteiger partial charge in [0.15, 0.2) is 11.6 Å². The van der Waals surface area contributed by atoms with Crippen LogP contribution in [0.25, 0.3) is 0 Å². The summed E-state index contributed by atoms with van der Waals surface area (Å²) >= 11 is 6.89. The lowest BCUT2D eigenvalue weighted by molar-refractivity contribution is 0.0204. The molecule has 2 fully saturated rings. The number of anilines is 3. The molecule has 5 rings (SSSR count). The SMILES string of the molecule is CC(C)(C)OC(=O)N1CCC(c2cc(Cl)c3c(c2)N(C(=O)OC(C)(C)C)c2nccc(N4CCOCC4)c2CO3)CC1. The molecular weight excluding hydrogens is 560 g/mol. The van der Waals surface area contributed by atoms with Gasteiger partial charge in [0.1, 0.15) is 17.8 Å². The van der Waals surface area contributed by atoms with Crippen molar-refractivity contribution in [2.24, 2.45) is 0 Å². The van der Waals surface area contributed by atoms with Crippen LogP contribution in [0.1, 0.15) is 71.4 Å². The predicted octanol–water partition coefficient (Wildman–Crippen LogP) is 6.65. The number of rotatable bonds is 2. The second-order valence-corrected chi connectivity index (χ2v) is 13.3. The molecule has 11 heteroatoms. The van der Waals surface area contributed by atoms with Gasteiger partial charge in [-0.05, 0) is 84.1 Å². The van der Waals surface area contributed by atoms with E-state index in [9.17, 15) is 9.59 Å². The number of hydrogen-bond acceptors (Lipinski definition) is 8. The molecule has 4 heterocycles. The van der Waals surface area contributed by atoms with Gasteiger partial charge in [0.2, 0.25) is 0 Å². The Balaban J connectivity index is 1.50. The summed E-state index contributed by atoms with van der Waals surface area (Å²) in [5, 5.41) is 0.409. The summed E-state index contributed by atoms with van der Waals surface area (Å²) in [5.41, 5.74) is 1.90. The van der Waals surface area contributed by atoms with E-state index in [0.29, 0.717) is 48.6 Å². The molecule has 0 radical (unpaired) electrons. The number of aromatic nitrogens is 1. The number of likely N-dealkylation sites (tertiary alicyclic amines) is 1. The van der Waals surface area contributed by atoms with Crippen molar-refractivity contribution in [3.63, 3.8) is 0 Å². The summed E-state index contributed by atoms with van der Waals surface area (Å²) in [4.78, 5) is 36.7. The summed E-state index contributed by atoms with van der Waals surface area (Å²) in [6.07, 6.45) is 2.32. The largest absolute Gasteiger partial charge is 0.485 e. The molecule has 0 unspecified atom stereocenters. The van der Waals surface area contributed by atoms with E-state index in [-0.39, 0.29) is 18.6 Å². The third-order valence-electron chi connectivity index (χ3n) is 7.41. The molecule has 1 aromatic carbocycles. The molecule has 2 amide bonds. The molecule has 3 aliphatic rings. The maximum atomic E-state index is 13.9. The van der Waals surface area contributed by atoms with Crippen molar-refractivity contribution < 1.29 is 28.5 Å². The van der Waals surface area contributed by atoms with Gasteiger partial charge in [-0.2, -0.15) is 0 Å². The molecule has 1 aromatic heterocycles. The Morgan fingerprint density at radius 1 is 0.929 bits per heavy atom. The highest BCUT2D eigenvalue weighted by molar-refractivity contribution is 6.33. The number of fused-ring (bicyclic) bond motifs is 2. The molecule has 10 nitrogen and oxygen atoms in total. The van der Waals surface area contributed by atoms with E-state index in [0.717, 1.165) is 42.7 Å². The Morgan fingerprint density at radius 3 is 2.21 bits per heavy atom. The highest BCUT2D eigenvalue weighted by Gasteiger charge is 2.36. The third-order valence-corrected chi connectivity index (χ3v) is 7.69. The van der Waals surface area contributed by atoms with E-state index in [1.807, 2.05) is 59.7 Å². The summed E-state index contributed by atoms with van der Waals surface area (Å²) in [6.45, 7) is 15.1. The van der Waals surface area contributed by atoms with Gasteiger partial charge >= 0.3 is 12.2 Å². The molecule has 228 valence electrons. The van der Waals surface area contributed by atoms with Crippen LogP contribution in [0.15, 0.2) is 24.4 Å². The molecule has 3 aliphatic heterocycles. The third kappa shape index (κ3) is 6.70. The van der Waals surface area contributed by atoms with Crippen LogP contribution in [0.2, 0.25) is 5.02 Å². The van der Waals surface area contributed by atoms with Crippen LogP contribution in [0.4, 0.5) is 26.8 Å². The van der Waals surface area contributed by atoms with Crippen molar-refractivity contribution in [2.75, 3.05) is 49.2 Å². The lowest BCUT2D eigenvalue weighted by Gasteiger charge is -2.34. The summed E-state index contributed by atoms with van der Waals surface area (Å²) < 4.78 is 23.4. The van der Waals surface area contributed by atoms with Gasteiger partial charge in [-0.3, -0.25) is 0 Å². The second kappa shape index (κ2) is 11.8. The number of ether oxygens (including phenoxy) is 4. The monoisotopic (exact) mass is 600 g/mol. The fourth-order valence-electron chi connectivity index (χ4n) is 5.52. The van der Waals surface area contributed by atoms with Gasteiger partial charge in [0.05, 0.1) is 29.5 Å². The smallest absolute Gasteiger partial charge is 0.420 e. The van der Waals surface area contributed by atoms with E-state index >= 15 is 0 Å². The standard InChI is InChI=1S/C31H41ClN4O6/c1-30(2,3)41-28(37)35-11-8-20(9-12-35)21-17-23(32)26-25(18-21)36(29(38)42-31(4,5)6)27-22(19-40-26)24(7-10-33-27)34-13-15-39-16-14-34/h7,10,17-18,20H,8-9,11-16,19H2,1-6H3. The number of pyridine rings is 1. The van der Waals surface area contributed by atoms with Gasteiger partial charge in [-0.15, -0.1) is 0 Å². The lowest BCUT2D eigenvalue weighted by Crippen LogP contribution is -2.41. The Bertz CT molecular complexity index is 1320. The maximum Gasteiger partial charge on any atom is 0.420 e. The van der Waals surface area contributed by atoms with Crippen molar-refractivity contribution in [1.82, 2.24) is 9.88 Å². The zero-order chi connectivity index (χ0) is 30.2. The van der Waals surface area contributed by atoms with Crippen LogP contribution in [0.3, 0.4) is 0 Å². The number of halogens is 1. The van der Waals surface area contributed by atoms with Gasteiger partial charge < -0.3 is 28.7 Å². The Labute approximate surface area is 252 Å². The van der Waals surface area contributed by atoms with E-state index in [4.69, 9.17) is 30.5 Å². The molecule has 0 saturated carbocycles. The van der Waals surface area contributed by atoms with Crippen LogP contribution in [0, 0.1) is 0 Å². The summed E-state index contributed by atoms with van der Waals surface area (Å²) in [5.74, 6) is 0.991. The normalized spacial score (nSPS) is 18.0. The first-order chi connectivity index (χ1) is 19.8. The first kappa shape index (κ1) is 30.2. The Hall–Kier alpha value is -3.24. The molecule has 0 aliphatic carbocycles. The van der Waals surface area contributed by atoms with Crippen LogP contribution in [-0.2, 0) is 20.8 Å². The molecule has 2 aromatic rings. The number of carbonyl (C=O) groups is 2. The zero-order valence-electron chi connectivity index (χ0n) is 25.4. The molecule has 2 saturated heterocycles. The van der Waals surface area contributed by atoms with Crippen molar-refractivity contribution >= 4 is 41.0 Å². The van der Waals surface area contributed by atoms with Crippen LogP contribution < -0.4 is 14.5 Å². The number of piperidine rings is 1. The highest BCUT2D eigenvalue weighted by atomic mass is 35.5. The van der Waals surface area contributed by atoms with Crippen LogP contribution >= 0.6 is 11.6 Å². The first-order valence-electron chi connectivity index (χ1n) is 14.6. The quantitative estimate of drug-likeness (QED) is 0.378. The average Bonchev–Trinajstić information content (AvgIpc) is 3.09. The van der Waals surface area contributed by atoms with Crippen molar-refractivity contribution in [3.05, 3.63) is 40.5 Å². The van der Waals surface area contributed by atoms with Crippen molar-refractivity contribution in [1.29, 1.82) is 0 Å². The second-order valence-electron chi connectivity index (χ2n) is 12.9. The number of carbonyl (C=O) groups excluding carboxylic acids is 2. The molecular formula is C31H41ClN4O6. The lowest BCUT2D eigenvalue weighted by atomic mass is 9.89. The molecule has 0 N–H and O–H groups in total. The topological polar surface area (TPSA) is 93.7 Å². The number of morpholine rings is 1. The maximum absolute atomic E-state index is 13.9. The first-order valence-corrected chi connectivity index (χ1v) is 15.0. The molecule has 0 bridgehead atoms. The Morgan fingerprint density at radius 2 is 1.57 bits per heavy atom. The minimum atomic E-state index is -0.734. The van der Waals surface area contributed by atoms with E-state index < -0.39 is 17.3 Å². The van der Waals surface area contributed by atoms with Gasteiger partial charge in [-0.25, -0.2) is 19.5 Å². The summed E-state index contributed by atoms with van der Waals surface area (Å²) in [7, 11) is 0. The number of nitrogens with zero attached hydrogens (tertiary/aromatic N) is 4. The highest BCUT2D eigenvalue weighted by Crippen LogP contribution is 2.47. The van der Waals surface area contributed by atoms with E-state index in [1.54, 1.807) is 11.1 Å². The van der Waals surface area contributed by atoms with Gasteiger partial charge in [0.25, 0.3) is 0 Å². The number of hydrogen-bond donors (Lipinski definition) is 0. The van der Waals surface area contributed by atoms with E-state index in [2.05, 4.69) is 9.88 Å². The fourth-order valence-corrected chi connectivity index (χ4v) is 5.80. The van der Waals surface area contributed by atoms with Crippen molar-refractivity contribution in [2.45, 2.75) is 78.1 Å².